The molecule has 3 aromatic carbocycles. The van der Waals surface area contributed by atoms with Crippen LogP contribution in [0.2, 0.25) is 0 Å². The first kappa shape index (κ1) is 31.1. The minimum atomic E-state index is -5.10. The van der Waals surface area contributed by atoms with Crippen LogP contribution in [0.15, 0.2) is 59.1 Å². The Labute approximate surface area is 248 Å². The minimum Gasteiger partial charge on any atom is -0.496 e. The summed E-state index contributed by atoms with van der Waals surface area (Å²) < 4.78 is 53.7. The summed E-state index contributed by atoms with van der Waals surface area (Å²) in [7, 11) is 1.55. The topological polar surface area (TPSA) is 106 Å². The lowest BCUT2D eigenvalue weighted by Gasteiger charge is -2.27. The number of anilines is 1. The van der Waals surface area contributed by atoms with E-state index in [2.05, 4.69) is 31.3 Å². The van der Waals surface area contributed by atoms with Crippen molar-refractivity contribution in [2.75, 3.05) is 31.8 Å². The van der Waals surface area contributed by atoms with Gasteiger partial charge in [0, 0.05) is 16.6 Å². The zero-order chi connectivity index (χ0) is 30.4. The minimum absolute atomic E-state index is 0.119. The third kappa shape index (κ3) is 7.13. The Balaban J connectivity index is 1.54. The summed E-state index contributed by atoms with van der Waals surface area (Å²) in [6.45, 7) is 0.889. The zero-order valence-corrected chi connectivity index (χ0v) is 24.4. The molecule has 4 rings (SSSR count). The summed E-state index contributed by atoms with van der Waals surface area (Å²) in [6, 6.07) is 14.7. The fraction of sp³-hybridized carbons (Fsp3) is 0.345. The van der Waals surface area contributed by atoms with Crippen molar-refractivity contribution < 1.29 is 41.8 Å². The van der Waals surface area contributed by atoms with E-state index < -0.39 is 42.7 Å². The van der Waals surface area contributed by atoms with Crippen LogP contribution in [0.4, 0.5) is 18.9 Å². The highest BCUT2D eigenvalue weighted by molar-refractivity contribution is 9.10. The molecule has 9 nitrogen and oxygen atoms in total. The molecule has 1 heterocycles. The van der Waals surface area contributed by atoms with Crippen LogP contribution in [0.25, 0.3) is 10.8 Å². The quantitative estimate of drug-likeness (QED) is 0.246. The van der Waals surface area contributed by atoms with Gasteiger partial charge in [-0.2, -0.15) is 13.2 Å². The molecule has 0 saturated carbocycles. The Bertz CT molecular complexity index is 1470. The molecule has 224 valence electrons. The molecule has 1 aliphatic heterocycles. The molecule has 0 radical (unpaired) electrons. The zero-order valence-electron chi connectivity index (χ0n) is 22.8. The molecule has 0 saturated heterocycles. The number of hydrogen-bond donors (Lipinski definition) is 2. The number of benzene rings is 3. The van der Waals surface area contributed by atoms with Crippen molar-refractivity contribution in [3.05, 3.63) is 64.6 Å². The van der Waals surface area contributed by atoms with Crippen LogP contribution in [0.5, 0.6) is 11.5 Å². The van der Waals surface area contributed by atoms with Crippen LogP contribution in [-0.4, -0.2) is 62.9 Å². The number of nitrogens with one attached hydrogen (secondary N) is 2. The monoisotopic (exact) mass is 651 g/mol. The Morgan fingerprint density at radius 2 is 1.93 bits per heavy atom. The summed E-state index contributed by atoms with van der Waals surface area (Å²) >= 11 is 3.49. The van der Waals surface area contributed by atoms with Crippen LogP contribution in [-0.2, 0) is 25.7 Å². The van der Waals surface area contributed by atoms with Crippen LogP contribution in [0.3, 0.4) is 0 Å². The van der Waals surface area contributed by atoms with E-state index in [-0.39, 0.29) is 26.1 Å². The van der Waals surface area contributed by atoms with E-state index in [0.717, 1.165) is 20.8 Å². The number of fused-ring (bicyclic) bond motifs is 2. The summed E-state index contributed by atoms with van der Waals surface area (Å²) in [5, 5.41) is 7.30. The van der Waals surface area contributed by atoms with Crippen molar-refractivity contribution in [3.8, 4) is 11.5 Å². The molecule has 0 unspecified atom stereocenters. The summed E-state index contributed by atoms with van der Waals surface area (Å²) in [6.07, 6.45) is -4.84. The second-order valence-electron chi connectivity index (χ2n) is 9.42. The normalized spacial score (nSPS) is 15.8. The highest BCUT2D eigenvalue weighted by atomic mass is 79.9. The highest BCUT2D eigenvalue weighted by Crippen LogP contribution is 2.36. The maximum Gasteiger partial charge on any atom is 0.490 e. The molecule has 0 aromatic heterocycles. The van der Waals surface area contributed by atoms with Crippen molar-refractivity contribution >= 4 is 50.2 Å². The molecule has 1 aliphatic rings. The first-order valence-corrected chi connectivity index (χ1v) is 13.9. The van der Waals surface area contributed by atoms with E-state index in [4.69, 9.17) is 9.47 Å². The van der Waals surface area contributed by atoms with Gasteiger partial charge in [0.15, 0.2) is 0 Å². The Morgan fingerprint density at radius 3 is 2.64 bits per heavy atom. The van der Waals surface area contributed by atoms with E-state index in [9.17, 15) is 27.6 Å². The Hall–Kier alpha value is -3.84. The Morgan fingerprint density at radius 1 is 1.17 bits per heavy atom. The number of para-hydroxylation sites is 2. The summed E-state index contributed by atoms with van der Waals surface area (Å²) in [5.74, 6) is -2.24. The molecule has 13 heteroatoms. The van der Waals surface area contributed by atoms with Crippen molar-refractivity contribution in [2.45, 2.75) is 38.1 Å². The van der Waals surface area contributed by atoms with E-state index >= 15 is 0 Å². The van der Waals surface area contributed by atoms with Crippen LogP contribution < -0.4 is 25.0 Å². The molecule has 0 fully saturated rings. The number of esters is 1. The number of carbonyl (C=O) groups excluding carboxylic acids is 3. The molecular weight excluding hydrogens is 623 g/mol. The predicted octanol–water partition coefficient (Wildman–Crippen LogP) is 4.50. The molecule has 0 bridgehead atoms. The van der Waals surface area contributed by atoms with E-state index in [1.54, 1.807) is 38.3 Å². The van der Waals surface area contributed by atoms with Crippen molar-refractivity contribution in [1.82, 2.24) is 10.6 Å². The Kier molecular flexibility index (Phi) is 9.94. The number of amides is 2. The number of carbonyl (C=O) groups is 3. The molecule has 2 N–H and O–H groups in total. The van der Waals surface area contributed by atoms with Crippen molar-refractivity contribution in [3.63, 3.8) is 0 Å². The molecular formula is C29H29BrF3N3O6. The predicted molar refractivity (Wildman–Crippen MR) is 152 cm³/mol. The van der Waals surface area contributed by atoms with Gasteiger partial charge in [0.1, 0.15) is 30.8 Å². The number of alkyl halides is 3. The van der Waals surface area contributed by atoms with Gasteiger partial charge in [-0.3, -0.25) is 9.59 Å². The second kappa shape index (κ2) is 13.4. The first-order valence-electron chi connectivity index (χ1n) is 13.1. The second-order valence-corrected chi connectivity index (χ2v) is 10.3. The highest BCUT2D eigenvalue weighted by Gasteiger charge is 2.41. The van der Waals surface area contributed by atoms with Crippen LogP contribution >= 0.6 is 15.9 Å². The number of methoxy groups -OCH3 is 1. The third-order valence-electron chi connectivity index (χ3n) is 6.71. The number of ether oxygens (including phenoxy) is 3. The SMILES string of the molecule is CC[C@H](NCCOC(=O)C(F)(F)F)C(=O)N[C@H]1COc2ccccc2N(Cc2c(OC)ccc3cc(Br)ccc23)C1=O. The lowest BCUT2D eigenvalue weighted by Crippen LogP contribution is -2.55. The largest absolute Gasteiger partial charge is 0.496 e. The van der Waals surface area contributed by atoms with Gasteiger partial charge in [-0.25, -0.2) is 4.79 Å². The smallest absolute Gasteiger partial charge is 0.490 e. The molecule has 2 atom stereocenters. The van der Waals surface area contributed by atoms with E-state index in [1.165, 1.54) is 4.90 Å². The molecule has 3 aromatic rings. The van der Waals surface area contributed by atoms with Gasteiger partial charge < -0.3 is 29.7 Å². The third-order valence-corrected chi connectivity index (χ3v) is 7.20. The fourth-order valence-electron chi connectivity index (χ4n) is 4.63. The lowest BCUT2D eigenvalue weighted by atomic mass is 10.0. The molecule has 2 amide bonds. The van der Waals surface area contributed by atoms with Gasteiger partial charge in [0.25, 0.3) is 5.91 Å². The molecule has 42 heavy (non-hydrogen) atoms. The average molecular weight is 652 g/mol. The van der Waals surface area contributed by atoms with Gasteiger partial charge in [0.2, 0.25) is 5.91 Å². The van der Waals surface area contributed by atoms with E-state index in [1.807, 2.05) is 30.3 Å². The van der Waals surface area contributed by atoms with Gasteiger partial charge in [-0.15, -0.1) is 0 Å². The average Bonchev–Trinajstić information content (AvgIpc) is 3.08. The maximum atomic E-state index is 14.0. The maximum absolute atomic E-state index is 14.0. The van der Waals surface area contributed by atoms with E-state index in [0.29, 0.717) is 17.2 Å². The standard InChI is InChI=1S/C29H29BrF3N3O6/c1-3-21(34-12-13-41-28(39)29(31,32)33)26(37)35-22-16-42-25-7-5-4-6-23(25)36(27(22)38)15-20-19-10-9-18(30)14-17(19)8-11-24(20)40-2/h4-11,14,21-22,34H,3,12-13,15-16H2,1-2H3,(H,35,37)/t21-,22-/m0/s1. The van der Waals surface area contributed by atoms with Gasteiger partial charge >= 0.3 is 12.1 Å². The first-order chi connectivity index (χ1) is 20.0. The van der Waals surface area contributed by atoms with Gasteiger partial charge in [-0.1, -0.05) is 47.1 Å². The fourth-order valence-corrected chi connectivity index (χ4v) is 5.01. The van der Waals surface area contributed by atoms with Gasteiger partial charge in [-0.05, 0) is 47.5 Å². The van der Waals surface area contributed by atoms with Crippen molar-refractivity contribution in [2.24, 2.45) is 0 Å². The lowest BCUT2D eigenvalue weighted by molar-refractivity contribution is -0.199. The number of rotatable bonds is 10. The van der Waals surface area contributed by atoms with Crippen LogP contribution in [0, 0.1) is 0 Å². The number of hydrogen-bond acceptors (Lipinski definition) is 7. The number of nitrogens with zero attached hydrogens (tertiary/aromatic N) is 1. The summed E-state index contributed by atoms with van der Waals surface area (Å²) in [5.41, 5.74) is 1.28. The van der Waals surface area contributed by atoms with Gasteiger partial charge in [0.05, 0.1) is 25.4 Å². The van der Waals surface area contributed by atoms with Crippen LogP contribution in [0.1, 0.15) is 18.9 Å². The molecule has 0 spiro atoms. The number of halogens is 4. The molecule has 0 aliphatic carbocycles. The van der Waals surface area contributed by atoms with Crippen molar-refractivity contribution in [1.29, 1.82) is 0 Å². The summed E-state index contributed by atoms with van der Waals surface area (Å²) in [4.78, 5) is 39.5.